The number of carbonyl (C=O) groups is 4. The zero-order valence-corrected chi connectivity index (χ0v) is 23.3. The van der Waals surface area contributed by atoms with Gasteiger partial charge in [-0.05, 0) is 29.7 Å². The van der Waals surface area contributed by atoms with Crippen LogP contribution in [0.15, 0.2) is 125 Å². The first kappa shape index (κ1) is 25.4. The first-order valence-corrected chi connectivity index (χ1v) is 14.2. The molecule has 0 N–H and O–H groups in total. The molecule has 3 aliphatic heterocycles. The van der Waals surface area contributed by atoms with E-state index in [-0.39, 0.29) is 17.5 Å². The third-order valence-electron chi connectivity index (χ3n) is 8.25. The highest BCUT2D eigenvalue weighted by Gasteiger charge is 2.63. The Balaban J connectivity index is 1.34. The number of halogens is 1. The van der Waals surface area contributed by atoms with Gasteiger partial charge in [-0.1, -0.05) is 101 Å². The summed E-state index contributed by atoms with van der Waals surface area (Å²) in [6, 6.07) is 27.5. The number of fused-ring (bicyclic) bond motifs is 4. The Morgan fingerprint density at radius 3 is 2.17 bits per heavy atom. The van der Waals surface area contributed by atoms with Crippen LogP contribution in [-0.2, 0) is 9.59 Å². The SMILES string of the molecule is O=C(C1=C[C@H]2[C@H]3C(=O)N(c4cccc5ccccc45)C(=O)[C@@H]3[C@H](C(=O)c3ccc(Br)cc3)N2C=C1)c1ccccc1. The van der Waals surface area contributed by atoms with Crippen LogP contribution < -0.4 is 4.90 Å². The second kappa shape index (κ2) is 9.78. The molecular weight excluding hydrogens is 580 g/mol. The van der Waals surface area contributed by atoms with Crippen molar-refractivity contribution in [3.63, 3.8) is 0 Å². The molecule has 4 aromatic rings. The number of imide groups is 1. The number of Topliss-reactive ketones (excluding diaryl/α,β-unsaturated/α-hetero) is 2. The molecule has 3 aliphatic rings. The van der Waals surface area contributed by atoms with E-state index in [1.807, 2.05) is 42.5 Å². The Morgan fingerprint density at radius 1 is 0.707 bits per heavy atom. The molecule has 7 rings (SSSR count). The molecule has 0 radical (unpaired) electrons. The van der Waals surface area contributed by atoms with Gasteiger partial charge in [-0.3, -0.25) is 19.2 Å². The first-order valence-electron chi connectivity index (χ1n) is 13.4. The summed E-state index contributed by atoms with van der Waals surface area (Å²) in [4.78, 5) is 58.9. The molecule has 0 aromatic heterocycles. The number of hydrogen-bond acceptors (Lipinski definition) is 5. The summed E-state index contributed by atoms with van der Waals surface area (Å²) in [6.07, 6.45) is 5.12. The fourth-order valence-corrected chi connectivity index (χ4v) is 6.64. The first-order chi connectivity index (χ1) is 19.9. The minimum absolute atomic E-state index is 0.177. The van der Waals surface area contributed by atoms with E-state index in [0.29, 0.717) is 22.4 Å². The highest BCUT2D eigenvalue weighted by atomic mass is 79.9. The number of rotatable bonds is 5. The molecule has 0 spiro atoms. The Bertz CT molecular complexity index is 1810. The van der Waals surface area contributed by atoms with E-state index in [2.05, 4.69) is 15.9 Å². The van der Waals surface area contributed by atoms with Gasteiger partial charge in [0, 0.05) is 32.8 Å². The van der Waals surface area contributed by atoms with E-state index in [0.717, 1.165) is 15.2 Å². The second-order valence-electron chi connectivity index (χ2n) is 10.4. The Morgan fingerprint density at radius 2 is 1.39 bits per heavy atom. The maximum atomic E-state index is 14.2. The van der Waals surface area contributed by atoms with Crippen LogP contribution >= 0.6 is 15.9 Å². The van der Waals surface area contributed by atoms with Crippen molar-refractivity contribution in [2.75, 3.05) is 4.90 Å². The number of ketones is 2. The molecule has 2 saturated heterocycles. The minimum atomic E-state index is -0.908. The average Bonchev–Trinajstić information content (AvgIpc) is 3.48. The Labute approximate surface area is 244 Å². The van der Waals surface area contributed by atoms with E-state index < -0.39 is 29.8 Å². The van der Waals surface area contributed by atoms with E-state index in [1.165, 1.54) is 4.90 Å². The zero-order valence-electron chi connectivity index (χ0n) is 21.7. The minimum Gasteiger partial charge on any atom is -0.359 e. The van der Waals surface area contributed by atoms with E-state index in [1.54, 1.807) is 77.8 Å². The summed E-state index contributed by atoms with van der Waals surface area (Å²) in [5, 5.41) is 1.69. The van der Waals surface area contributed by atoms with Crippen molar-refractivity contribution >= 4 is 55.8 Å². The molecule has 0 unspecified atom stereocenters. The lowest BCUT2D eigenvalue weighted by atomic mass is 9.85. The summed E-state index contributed by atoms with van der Waals surface area (Å²) in [6.45, 7) is 0. The molecule has 6 nitrogen and oxygen atoms in total. The number of hydrogen-bond donors (Lipinski definition) is 0. The molecule has 0 bridgehead atoms. The second-order valence-corrected chi connectivity index (χ2v) is 11.4. The van der Waals surface area contributed by atoms with Crippen LogP contribution in [0.2, 0.25) is 0 Å². The van der Waals surface area contributed by atoms with Crippen LogP contribution in [0.1, 0.15) is 20.7 Å². The van der Waals surface area contributed by atoms with Gasteiger partial charge in [0.2, 0.25) is 11.8 Å². The van der Waals surface area contributed by atoms with Crippen molar-refractivity contribution in [3.05, 3.63) is 137 Å². The van der Waals surface area contributed by atoms with Crippen molar-refractivity contribution in [2.45, 2.75) is 12.1 Å². The van der Waals surface area contributed by atoms with Crippen LogP contribution in [0.5, 0.6) is 0 Å². The summed E-state index contributed by atoms with van der Waals surface area (Å²) in [5.41, 5.74) is 1.91. The molecule has 2 fully saturated rings. The molecule has 0 aliphatic carbocycles. The van der Waals surface area contributed by atoms with Gasteiger partial charge in [-0.15, -0.1) is 0 Å². The van der Waals surface area contributed by atoms with Crippen LogP contribution in [0, 0.1) is 11.8 Å². The fraction of sp³-hybridized carbons (Fsp3) is 0.118. The van der Waals surface area contributed by atoms with Crippen LogP contribution in [0.25, 0.3) is 10.8 Å². The van der Waals surface area contributed by atoms with Gasteiger partial charge in [0.15, 0.2) is 11.6 Å². The van der Waals surface area contributed by atoms with Crippen molar-refractivity contribution in [2.24, 2.45) is 11.8 Å². The summed E-state index contributed by atoms with van der Waals surface area (Å²) < 4.78 is 0.829. The number of nitrogens with zero attached hydrogens (tertiary/aromatic N) is 2. The maximum absolute atomic E-state index is 14.2. The molecule has 2 amide bonds. The number of anilines is 1. The topological polar surface area (TPSA) is 74.8 Å². The van der Waals surface area contributed by atoms with E-state index in [9.17, 15) is 19.2 Å². The fourth-order valence-electron chi connectivity index (χ4n) is 6.38. The predicted octanol–water partition coefficient (Wildman–Crippen LogP) is 5.98. The number of amides is 2. The van der Waals surface area contributed by atoms with Crippen molar-refractivity contribution in [1.29, 1.82) is 0 Å². The lowest BCUT2D eigenvalue weighted by Crippen LogP contribution is -2.46. The van der Waals surface area contributed by atoms with Gasteiger partial charge >= 0.3 is 0 Å². The van der Waals surface area contributed by atoms with Gasteiger partial charge in [-0.2, -0.15) is 0 Å². The molecule has 4 aromatic carbocycles. The van der Waals surface area contributed by atoms with Crippen molar-refractivity contribution in [3.8, 4) is 0 Å². The number of benzene rings is 4. The maximum Gasteiger partial charge on any atom is 0.240 e. The molecule has 200 valence electrons. The summed E-state index contributed by atoms with van der Waals surface area (Å²) in [5.74, 6) is -2.92. The average molecular weight is 603 g/mol. The van der Waals surface area contributed by atoms with Gasteiger partial charge < -0.3 is 4.90 Å². The molecule has 0 saturated carbocycles. The predicted molar refractivity (Wildman–Crippen MR) is 159 cm³/mol. The summed E-state index contributed by atoms with van der Waals surface area (Å²) in [7, 11) is 0. The monoisotopic (exact) mass is 602 g/mol. The van der Waals surface area contributed by atoms with Crippen molar-refractivity contribution in [1.82, 2.24) is 4.90 Å². The van der Waals surface area contributed by atoms with Crippen LogP contribution in [0.4, 0.5) is 5.69 Å². The third-order valence-corrected chi connectivity index (χ3v) is 8.78. The molecular formula is C34H23BrN2O4. The highest BCUT2D eigenvalue weighted by molar-refractivity contribution is 9.10. The number of carbonyl (C=O) groups excluding carboxylic acids is 4. The van der Waals surface area contributed by atoms with E-state index >= 15 is 0 Å². The van der Waals surface area contributed by atoms with Crippen LogP contribution in [-0.4, -0.2) is 40.4 Å². The smallest absolute Gasteiger partial charge is 0.240 e. The Hall–Kier alpha value is -4.62. The van der Waals surface area contributed by atoms with Crippen LogP contribution in [0.3, 0.4) is 0 Å². The largest absolute Gasteiger partial charge is 0.359 e. The van der Waals surface area contributed by atoms with Gasteiger partial charge in [0.1, 0.15) is 6.04 Å². The van der Waals surface area contributed by atoms with Gasteiger partial charge in [0.05, 0.1) is 23.6 Å². The summed E-state index contributed by atoms with van der Waals surface area (Å²) >= 11 is 3.41. The normalized spacial score (nSPS) is 23.0. The highest BCUT2D eigenvalue weighted by Crippen LogP contribution is 2.48. The van der Waals surface area contributed by atoms with Gasteiger partial charge in [0.25, 0.3) is 0 Å². The van der Waals surface area contributed by atoms with Gasteiger partial charge in [-0.25, -0.2) is 4.90 Å². The lowest BCUT2D eigenvalue weighted by Gasteiger charge is -2.33. The Kier molecular flexibility index (Phi) is 6.05. The molecule has 41 heavy (non-hydrogen) atoms. The lowest BCUT2D eigenvalue weighted by molar-refractivity contribution is -0.123. The zero-order chi connectivity index (χ0) is 28.2. The molecule has 4 atom stereocenters. The van der Waals surface area contributed by atoms with E-state index in [4.69, 9.17) is 0 Å². The van der Waals surface area contributed by atoms with Crippen molar-refractivity contribution < 1.29 is 19.2 Å². The standard InChI is InChI=1S/C34H23BrN2O4/c35-24-15-13-22(14-16-24)32(39)30-29-28(27-19-23(17-18-36(27)30)31(38)21-8-2-1-3-9-21)33(40)37(34(29)41)26-12-6-10-20-7-4-5-11-25(20)26/h1-19,27-30H/t27-,28+,29-,30+/m0/s1. The third kappa shape index (κ3) is 3.99. The number of allylic oxidation sites excluding steroid dienone is 2. The molecule has 7 heteroatoms. The molecule has 3 heterocycles. The quantitative estimate of drug-likeness (QED) is 0.207.